The van der Waals surface area contributed by atoms with E-state index in [4.69, 9.17) is 4.74 Å². The highest BCUT2D eigenvalue weighted by molar-refractivity contribution is 5.99. The number of hydrogen-bond acceptors (Lipinski definition) is 5. The monoisotopic (exact) mass is 487 g/mol. The lowest BCUT2D eigenvalue weighted by Gasteiger charge is -2.25. The van der Waals surface area contributed by atoms with Crippen LogP contribution in [-0.2, 0) is 22.6 Å². The molecule has 0 saturated carbocycles. The lowest BCUT2D eigenvalue weighted by atomic mass is 10.0. The molecule has 0 bridgehead atoms. The zero-order valence-electron chi connectivity index (χ0n) is 20.7. The molecule has 36 heavy (non-hydrogen) atoms. The number of carbonyl (C=O) groups excluding carboxylic acids is 2. The van der Waals surface area contributed by atoms with Gasteiger partial charge in [-0.1, -0.05) is 42.5 Å². The highest BCUT2D eigenvalue weighted by Crippen LogP contribution is 2.20. The Morgan fingerprint density at radius 1 is 1.08 bits per heavy atom. The summed E-state index contributed by atoms with van der Waals surface area (Å²) in [6.07, 6.45) is 1.83. The number of aromatic amines is 1. The van der Waals surface area contributed by atoms with E-state index in [1.807, 2.05) is 56.3 Å². The van der Waals surface area contributed by atoms with Crippen molar-refractivity contribution < 1.29 is 14.3 Å². The van der Waals surface area contributed by atoms with Crippen molar-refractivity contribution in [1.82, 2.24) is 19.9 Å². The Hall–Kier alpha value is -4.40. The molecule has 2 aromatic carbocycles. The number of ether oxygens (including phenoxy) is 1. The van der Waals surface area contributed by atoms with Gasteiger partial charge in [0.15, 0.2) is 0 Å². The van der Waals surface area contributed by atoms with E-state index in [-0.39, 0.29) is 18.1 Å². The summed E-state index contributed by atoms with van der Waals surface area (Å²) < 4.78 is 6.50. The summed E-state index contributed by atoms with van der Waals surface area (Å²) in [4.78, 5) is 47.8. The van der Waals surface area contributed by atoms with Gasteiger partial charge < -0.3 is 19.9 Å². The van der Waals surface area contributed by atoms with E-state index in [0.717, 1.165) is 16.7 Å². The molecule has 0 saturated heterocycles. The maximum atomic E-state index is 13.5. The molecule has 0 aliphatic carbocycles. The number of fused-ring (bicyclic) bond motifs is 1. The number of anilines is 1. The lowest BCUT2D eigenvalue weighted by molar-refractivity contribution is -0.127. The van der Waals surface area contributed by atoms with Crippen molar-refractivity contribution in [3.63, 3.8) is 0 Å². The standard InChI is InChI=1S/C27H29N5O4/c1-17-10-11-18(2)25-24(17)30-27(35)32(25)16-22(33)29-21(14-19-8-6-5-7-9-19)26(34)31(3)20-12-13-23(36-4)28-15-20/h5-13,15,21H,14,16H2,1-4H3,(H,29,33)(H,30,35)/t21-/m0/s1. The molecule has 2 aromatic heterocycles. The number of likely N-dealkylation sites (N-methyl/N-ethyl adjacent to an activating group) is 1. The number of imidazole rings is 1. The molecular formula is C27H29N5O4. The van der Waals surface area contributed by atoms with Crippen LogP contribution in [-0.4, -0.2) is 46.5 Å². The highest BCUT2D eigenvalue weighted by Gasteiger charge is 2.26. The molecular weight excluding hydrogens is 458 g/mol. The van der Waals surface area contributed by atoms with Crippen LogP contribution < -0.4 is 20.6 Å². The largest absolute Gasteiger partial charge is 0.481 e. The van der Waals surface area contributed by atoms with E-state index in [1.54, 1.807) is 19.2 Å². The SMILES string of the molecule is COc1ccc(N(C)C(=O)[C@H](Cc2ccccc2)NC(=O)Cn2c(=O)[nH]c3c(C)ccc(C)c32)cn1. The molecule has 4 rings (SSSR count). The summed E-state index contributed by atoms with van der Waals surface area (Å²) in [6.45, 7) is 3.58. The van der Waals surface area contributed by atoms with E-state index >= 15 is 0 Å². The predicted octanol–water partition coefficient (Wildman–Crippen LogP) is 2.74. The molecule has 9 nitrogen and oxygen atoms in total. The number of nitrogens with zero attached hydrogens (tertiary/aromatic N) is 3. The second-order valence-corrected chi connectivity index (χ2v) is 8.71. The first-order chi connectivity index (χ1) is 17.3. The molecule has 2 N–H and O–H groups in total. The molecule has 2 amide bonds. The predicted molar refractivity (Wildman–Crippen MR) is 138 cm³/mol. The number of amides is 2. The van der Waals surface area contributed by atoms with E-state index in [1.165, 1.54) is 22.8 Å². The van der Waals surface area contributed by atoms with Crippen molar-refractivity contribution in [3.8, 4) is 5.88 Å². The Labute approximate surface area is 208 Å². The van der Waals surface area contributed by atoms with Crippen molar-refractivity contribution in [3.05, 3.63) is 88.0 Å². The first kappa shape index (κ1) is 24.7. The third kappa shape index (κ3) is 5.14. The normalized spacial score (nSPS) is 11.8. The van der Waals surface area contributed by atoms with Gasteiger partial charge in [-0.15, -0.1) is 0 Å². The maximum Gasteiger partial charge on any atom is 0.326 e. The number of H-pyrrole nitrogens is 1. The van der Waals surface area contributed by atoms with Gasteiger partial charge in [0.2, 0.25) is 17.7 Å². The topological polar surface area (TPSA) is 109 Å². The second-order valence-electron chi connectivity index (χ2n) is 8.71. The Kier molecular flexibility index (Phi) is 7.19. The van der Waals surface area contributed by atoms with Crippen LogP contribution in [0.25, 0.3) is 11.0 Å². The zero-order chi connectivity index (χ0) is 25.8. The number of aryl methyl sites for hydroxylation is 2. The van der Waals surface area contributed by atoms with Gasteiger partial charge in [0, 0.05) is 19.5 Å². The molecule has 2 heterocycles. The van der Waals surface area contributed by atoms with E-state index < -0.39 is 11.9 Å². The third-order valence-corrected chi connectivity index (χ3v) is 6.20. The van der Waals surface area contributed by atoms with Crippen LogP contribution >= 0.6 is 0 Å². The van der Waals surface area contributed by atoms with Crippen molar-refractivity contribution in [2.24, 2.45) is 0 Å². The van der Waals surface area contributed by atoms with E-state index in [2.05, 4.69) is 15.3 Å². The molecule has 186 valence electrons. The summed E-state index contributed by atoms with van der Waals surface area (Å²) in [5.74, 6) is -0.310. The average molecular weight is 488 g/mol. The zero-order valence-corrected chi connectivity index (χ0v) is 20.7. The fourth-order valence-corrected chi connectivity index (χ4v) is 4.21. The minimum atomic E-state index is -0.851. The third-order valence-electron chi connectivity index (χ3n) is 6.20. The Morgan fingerprint density at radius 3 is 2.47 bits per heavy atom. The average Bonchev–Trinajstić information content (AvgIpc) is 3.22. The van der Waals surface area contributed by atoms with Gasteiger partial charge in [0.1, 0.15) is 12.6 Å². The molecule has 0 radical (unpaired) electrons. The minimum absolute atomic E-state index is 0.213. The Morgan fingerprint density at radius 2 is 1.81 bits per heavy atom. The fourth-order valence-electron chi connectivity index (χ4n) is 4.21. The van der Waals surface area contributed by atoms with E-state index in [9.17, 15) is 14.4 Å². The quantitative estimate of drug-likeness (QED) is 0.397. The summed E-state index contributed by atoms with van der Waals surface area (Å²) in [7, 11) is 3.15. The Bertz CT molecular complexity index is 1440. The molecule has 9 heteroatoms. The van der Waals surface area contributed by atoms with Crippen LogP contribution in [0.2, 0.25) is 0 Å². The van der Waals surface area contributed by atoms with Crippen molar-refractivity contribution in [2.75, 3.05) is 19.1 Å². The van der Waals surface area contributed by atoms with Crippen LogP contribution in [0.5, 0.6) is 5.88 Å². The number of rotatable bonds is 8. The van der Waals surface area contributed by atoms with Gasteiger partial charge in [-0.25, -0.2) is 9.78 Å². The number of aromatic nitrogens is 3. The molecule has 4 aromatic rings. The number of methoxy groups -OCH3 is 1. The Balaban J connectivity index is 1.59. The lowest BCUT2D eigenvalue weighted by Crippen LogP contribution is -2.50. The number of nitrogens with one attached hydrogen (secondary N) is 2. The number of benzene rings is 2. The summed E-state index contributed by atoms with van der Waals surface area (Å²) in [5.41, 5.74) is 4.27. The molecule has 0 aliphatic heterocycles. The first-order valence-corrected chi connectivity index (χ1v) is 11.6. The summed E-state index contributed by atoms with van der Waals surface area (Å²) in [6, 6.07) is 15.8. The van der Waals surface area contributed by atoms with Crippen LogP contribution in [0, 0.1) is 13.8 Å². The van der Waals surface area contributed by atoms with E-state index in [0.29, 0.717) is 29.0 Å². The number of carbonyl (C=O) groups is 2. The number of pyridine rings is 1. The summed E-state index contributed by atoms with van der Waals surface area (Å²) >= 11 is 0. The molecule has 1 atom stereocenters. The molecule has 0 aliphatic rings. The number of hydrogen-bond donors (Lipinski definition) is 2. The van der Waals surface area contributed by atoms with Crippen LogP contribution in [0.1, 0.15) is 16.7 Å². The molecule has 0 fully saturated rings. The van der Waals surface area contributed by atoms with Crippen LogP contribution in [0.4, 0.5) is 5.69 Å². The van der Waals surface area contributed by atoms with Crippen molar-refractivity contribution in [1.29, 1.82) is 0 Å². The van der Waals surface area contributed by atoms with Gasteiger partial charge in [0.05, 0.1) is 30.0 Å². The minimum Gasteiger partial charge on any atom is -0.481 e. The maximum absolute atomic E-state index is 13.5. The van der Waals surface area contributed by atoms with Crippen molar-refractivity contribution >= 4 is 28.5 Å². The van der Waals surface area contributed by atoms with Gasteiger partial charge in [0.25, 0.3) is 0 Å². The smallest absolute Gasteiger partial charge is 0.326 e. The molecule has 0 unspecified atom stereocenters. The van der Waals surface area contributed by atoms with Crippen molar-refractivity contribution in [2.45, 2.75) is 32.9 Å². The van der Waals surface area contributed by atoms with Gasteiger partial charge >= 0.3 is 5.69 Å². The van der Waals surface area contributed by atoms with Crippen LogP contribution in [0.15, 0.2) is 65.6 Å². The first-order valence-electron chi connectivity index (χ1n) is 11.6. The second kappa shape index (κ2) is 10.5. The van der Waals surface area contributed by atoms with Gasteiger partial charge in [-0.2, -0.15) is 0 Å². The van der Waals surface area contributed by atoms with Crippen LogP contribution in [0.3, 0.4) is 0 Å². The molecule has 0 spiro atoms. The highest BCUT2D eigenvalue weighted by atomic mass is 16.5. The van der Waals surface area contributed by atoms with Gasteiger partial charge in [-0.3, -0.25) is 14.2 Å². The fraction of sp³-hybridized carbons (Fsp3) is 0.259. The summed E-state index contributed by atoms with van der Waals surface area (Å²) in [5, 5.41) is 2.85. The van der Waals surface area contributed by atoms with Gasteiger partial charge in [-0.05, 0) is 36.6 Å².